The zero-order valence-corrected chi connectivity index (χ0v) is 15.0. The number of aryl methyl sites for hydroxylation is 1. The van der Waals surface area contributed by atoms with Crippen molar-refractivity contribution in [3.05, 3.63) is 42.7 Å². The molecule has 0 saturated carbocycles. The molecule has 3 N–H and O–H groups in total. The number of carbonyl (C=O) groups excluding carboxylic acids is 1. The third kappa shape index (κ3) is 4.01. The largest absolute Gasteiger partial charge is 0.378 e. The van der Waals surface area contributed by atoms with Gasteiger partial charge in [-0.15, -0.1) is 0 Å². The van der Waals surface area contributed by atoms with E-state index in [0.717, 1.165) is 48.7 Å². The normalized spacial score (nSPS) is 14.4. The van der Waals surface area contributed by atoms with Gasteiger partial charge in [0.1, 0.15) is 5.65 Å². The summed E-state index contributed by atoms with van der Waals surface area (Å²) >= 11 is 0. The van der Waals surface area contributed by atoms with Crippen molar-refractivity contribution in [1.82, 2.24) is 14.5 Å². The van der Waals surface area contributed by atoms with E-state index >= 15 is 0 Å². The Morgan fingerprint density at radius 2 is 2.11 bits per heavy atom. The Morgan fingerprint density at radius 1 is 1.26 bits per heavy atom. The molecule has 0 bridgehead atoms. The molecule has 0 aliphatic carbocycles. The third-order valence-corrected chi connectivity index (χ3v) is 4.58. The molecule has 140 valence electrons. The number of fused-ring (bicyclic) bond motifs is 1. The molecule has 8 heteroatoms. The quantitative estimate of drug-likeness (QED) is 0.691. The van der Waals surface area contributed by atoms with Crippen LogP contribution in [-0.4, -0.2) is 46.7 Å². The minimum atomic E-state index is -0.329. The highest BCUT2D eigenvalue weighted by Crippen LogP contribution is 2.23. The number of benzene rings is 1. The van der Waals surface area contributed by atoms with E-state index in [0.29, 0.717) is 12.5 Å². The average Bonchev–Trinajstić information content (AvgIpc) is 3.09. The fourth-order valence-electron chi connectivity index (χ4n) is 3.17. The molecular formula is C19H22N6O2. The zero-order chi connectivity index (χ0) is 18.6. The Morgan fingerprint density at radius 3 is 2.93 bits per heavy atom. The first-order valence-electron chi connectivity index (χ1n) is 8.99. The van der Waals surface area contributed by atoms with Gasteiger partial charge in [-0.2, -0.15) is 4.98 Å². The molecular weight excluding hydrogens is 344 g/mol. The van der Waals surface area contributed by atoms with E-state index in [1.165, 1.54) is 0 Å². The number of rotatable bonds is 6. The van der Waals surface area contributed by atoms with Gasteiger partial charge in [-0.1, -0.05) is 6.07 Å². The summed E-state index contributed by atoms with van der Waals surface area (Å²) in [6, 6.07) is 10.1. The second kappa shape index (κ2) is 7.63. The van der Waals surface area contributed by atoms with Gasteiger partial charge in [0.15, 0.2) is 0 Å². The maximum atomic E-state index is 11.1. The fourth-order valence-corrected chi connectivity index (χ4v) is 3.17. The van der Waals surface area contributed by atoms with Gasteiger partial charge in [-0.05, 0) is 24.3 Å². The van der Waals surface area contributed by atoms with Crippen LogP contribution in [-0.2, 0) is 16.1 Å². The van der Waals surface area contributed by atoms with Gasteiger partial charge in [-0.3, -0.25) is 4.79 Å². The SMILES string of the molecule is NC(=O)CCn1ccc2cnc(Nc3cccc(N4CCOCC4)c3)nc21. The van der Waals surface area contributed by atoms with Gasteiger partial charge < -0.3 is 25.3 Å². The lowest BCUT2D eigenvalue weighted by atomic mass is 10.2. The van der Waals surface area contributed by atoms with Crippen LogP contribution in [0.4, 0.5) is 17.3 Å². The summed E-state index contributed by atoms with van der Waals surface area (Å²) in [5, 5.41) is 4.20. The van der Waals surface area contributed by atoms with Crippen LogP contribution in [0.5, 0.6) is 0 Å². The van der Waals surface area contributed by atoms with Crippen molar-refractivity contribution in [2.45, 2.75) is 13.0 Å². The highest BCUT2D eigenvalue weighted by Gasteiger charge is 2.12. The van der Waals surface area contributed by atoms with Gasteiger partial charge in [0.2, 0.25) is 11.9 Å². The van der Waals surface area contributed by atoms with E-state index in [2.05, 4.69) is 32.3 Å². The molecule has 0 atom stereocenters. The second-order valence-electron chi connectivity index (χ2n) is 6.47. The number of nitrogens with one attached hydrogen (secondary N) is 1. The van der Waals surface area contributed by atoms with Crippen LogP contribution in [0.2, 0.25) is 0 Å². The van der Waals surface area contributed by atoms with E-state index in [1.54, 1.807) is 6.20 Å². The monoisotopic (exact) mass is 366 g/mol. The molecule has 0 radical (unpaired) electrons. The molecule has 1 amide bonds. The van der Waals surface area contributed by atoms with Crippen LogP contribution >= 0.6 is 0 Å². The predicted molar refractivity (Wildman–Crippen MR) is 104 cm³/mol. The Balaban J connectivity index is 1.54. The summed E-state index contributed by atoms with van der Waals surface area (Å²) in [6.45, 7) is 3.78. The summed E-state index contributed by atoms with van der Waals surface area (Å²) in [4.78, 5) is 22.4. The minimum absolute atomic E-state index is 0.276. The number of anilines is 3. The number of morpholine rings is 1. The van der Waals surface area contributed by atoms with Crippen LogP contribution in [0.3, 0.4) is 0 Å². The number of ether oxygens (including phenoxy) is 1. The van der Waals surface area contributed by atoms with Crippen molar-refractivity contribution in [2.75, 3.05) is 36.5 Å². The van der Waals surface area contributed by atoms with Crippen molar-refractivity contribution in [3.63, 3.8) is 0 Å². The Bertz CT molecular complexity index is 948. The lowest BCUT2D eigenvalue weighted by Crippen LogP contribution is -2.36. The molecule has 1 saturated heterocycles. The first-order valence-corrected chi connectivity index (χ1v) is 8.99. The van der Waals surface area contributed by atoms with Crippen LogP contribution in [0, 0.1) is 0 Å². The Hall–Kier alpha value is -3.13. The lowest BCUT2D eigenvalue weighted by Gasteiger charge is -2.29. The number of carbonyl (C=O) groups is 1. The topological polar surface area (TPSA) is 98.3 Å². The van der Waals surface area contributed by atoms with E-state index in [1.807, 2.05) is 29.0 Å². The molecule has 4 rings (SSSR count). The van der Waals surface area contributed by atoms with Crippen molar-refractivity contribution < 1.29 is 9.53 Å². The number of hydrogen-bond donors (Lipinski definition) is 2. The maximum absolute atomic E-state index is 11.1. The summed E-state index contributed by atoms with van der Waals surface area (Å²) in [6.07, 6.45) is 3.94. The first kappa shape index (κ1) is 17.3. The molecule has 27 heavy (non-hydrogen) atoms. The van der Waals surface area contributed by atoms with Gasteiger partial charge in [-0.25, -0.2) is 4.98 Å². The fraction of sp³-hybridized carbons (Fsp3) is 0.316. The molecule has 0 spiro atoms. The molecule has 1 aliphatic heterocycles. The second-order valence-corrected chi connectivity index (χ2v) is 6.47. The number of aromatic nitrogens is 3. The molecule has 1 aromatic carbocycles. The van der Waals surface area contributed by atoms with Gasteiger partial charge in [0.25, 0.3) is 0 Å². The number of amides is 1. The smallest absolute Gasteiger partial charge is 0.229 e. The van der Waals surface area contributed by atoms with Crippen molar-refractivity contribution >= 4 is 34.3 Å². The average molecular weight is 366 g/mol. The third-order valence-electron chi connectivity index (χ3n) is 4.58. The number of primary amides is 1. The number of hydrogen-bond acceptors (Lipinski definition) is 6. The summed E-state index contributed by atoms with van der Waals surface area (Å²) in [7, 11) is 0. The summed E-state index contributed by atoms with van der Waals surface area (Å²) in [5.41, 5.74) is 8.10. The van der Waals surface area contributed by atoms with Gasteiger partial charge in [0, 0.05) is 55.2 Å². The molecule has 3 aromatic rings. The highest BCUT2D eigenvalue weighted by atomic mass is 16.5. The van der Waals surface area contributed by atoms with Crippen LogP contribution in [0.15, 0.2) is 42.7 Å². The summed E-state index contributed by atoms with van der Waals surface area (Å²) in [5.74, 6) is 0.185. The molecule has 1 fully saturated rings. The Kier molecular flexibility index (Phi) is 4.88. The molecule has 3 heterocycles. The van der Waals surface area contributed by atoms with Crippen LogP contribution in [0.1, 0.15) is 6.42 Å². The highest BCUT2D eigenvalue weighted by molar-refractivity contribution is 5.78. The van der Waals surface area contributed by atoms with E-state index in [-0.39, 0.29) is 12.3 Å². The number of nitrogens with zero attached hydrogens (tertiary/aromatic N) is 4. The maximum Gasteiger partial charge on any atom is 0.229 e. The van der Waals surface area contributed by atoms with Crippen molar-refractivity contribution in [2.24, 2.45) is 5.73 Å². The van der Waals surface area contributed by atoms with E-state index < -0.39 is 0 Å². The molecule has 0 unspecified atom stereocenters. The van der Waals surface area contributed by atoms with Crippen molar-refractivity contribution in [1.29, 1.82) is 0 Å². The lowest BCUT2D eigenvalue weighted by molar-refractivity contribution is -0.118. The standard InChI is InChI=1S/C19H22N6O2/c20-17(26)5-7-25-6-4-14-13-21-19(23-18(14)25)22-15-2-1-3-16(12-15)24-8-10-27-11-9-24/h1-4,6,12-13H,5,7-11H2,(H2,20,26)(H,21,22,23). The van der Waals surface area contributed by atoms with Crippen molar-refractivity contribution in [3.8, 4) is 0 Å². The Labute approximate surface area is 157 Å². The molecule has 8 nitrogen and oxygen atoms in total. The van der Waals surface area contributed by atoms with E-state index in [9.17, 15) is 4.79 Å². The first-order chi connectivity index (χ1) is 13.2. The molecule has 1 aliphatic rings. The molecule has 2 aromatic heterocycles. The zero-order valence-electron chi connectivity index (χ0n) is 15.0. The predicted octanol–water partition coefficient (Wildman–Crippen LogP) is 1.89. The minimum Gasteiger partial charge on any atom is -0.378 e. The van der Waals surface area contributed by atoms with Crippen LogP contribution < -0.4 is 16.0 Å². The van der Waals surface area contributed by atoms with E-state index in [4.69, 9.17) is 10.5 Å². The van der Waals surface area contributed by atoms with Crippen LogP contribution in [0.25, 0.3) is 11.0 Å². The summed E-state index contributed by atoms with van der Waals surface area (Å²) < 4.78 is 7.33. The van der Waals surface area contributed by atoms with Gasteiger partial charge in [0.05, 0.1) is 13.2 Å². The van der Waals surface area contributed by atoms with Gasteiger partial charge >= 0.3 is 0 Å². The number of nitrogens with two attached hydrogens (primary N) is 1.